The van der Waals surface area contributed by atoms with E-state index in [-0.39, 0.29) is 5.91 Å². The zero-order chi connectivity index (χ0) is 16.5. The molecule has 2 aromatic carbocycles. The summed E-state index contributed by atoms with van der Waals surface area (Å²) >= 11 is 0. The summed E-state index contributed by atoms with van der Waals surface area (Å²) in [6.07, 6.45) is 0.739. The molecule has 24 heavy (non-hydrogen) atoms. The number of anilines is 1. The Bertz CT molecular complexity index is 775. The Balaban J connectivity index is 1.65. The van der Waals surface area contributed by atoms with Crippen molar-refractivity contribution in [3.8, 4) is 0 Å². The highest BCUT2D eigenvalue weighted by atomic mass is 16.6. The predicted octanol–water partition coefficient (Wildman–Crippen LogP) is 2.82. The summed E-state index contributed by atoms with van der Waals surface area (Å²) in [4.78, 5) is 26.7. The van der Waals surface area contributed by atoms with Gasteiger partial charge in [0.2, 0.25) is 0 Å². The average Bonchev–Trinajstić information content (AvgIpc) is 3.03. The van der Waals surface area contributed by atoms with Crippen molar-refractivity contribution in [1.82, 2.24) is 5.32 Å². The van der Waals surface area contributed by atoms with Crippen LogP contribution in [-0.4, -0.2) is 24.6 Å². The number of rotatable bonds is 2. The highest BCUT2D eigenvalue weighted by molar-refractivity contribution is 6.01. The number of nitrogens with zero attached hydrogens (tertiary/aromatic N) is 1. The standard InChI is InChI=1S/C19H18N2O3/c22-18(21-12-6-10-13-7-4-5-11-15(13)21)16-17(24-19(23)20-16)14-8-2-1-3-9-14/h1-5,7-9,11,16-17H,6,10,12H2,(H,20,23). The van der Waals surface area contributed by atoms with Gasteiger partial charge in [-0.05, 0) is 30.0 Å². The van der Waals surface area contributed by atoms with Crippen LogP contribution in [-0.2, 0) is 16.0 Å². The van der Waals surface area contributed by atoms with E-state index >= 15 is 0 Å². The second kappa shape index (κ2) is 6.00. The quantitative estimate of drug-likeness (QED) is 0.925. The normalized spacial score (nSPS) is 22.5. The van der Waals surface area contributed by atoms with E-state index in [1.54, 1.807) is 4.90 Å². The molecule has 2 heterocycles. The van der Waals surface area contributed by atoms with Gasteiger partial charge in [0.25, 0.3) is 5.91 Å². The lowest BCUT2D eigenvalue weighted by Gasteiger charge is -2.32. The fourth-order valence-corrected chi connectivity index (χ4v) is 3.44. The Morgan fingerprint density at radius 1 is 1.08 bits per heavy atom. The Kier molecular flexibility index (Phi) is 3.69. The minimum atomic E-state index is -0.703. The Morgan fingerprint density at radius 3 is 2.67 bits per heavy atom. The molecule has 2 aromatic rings. The van der Waals surface area contributed by atoms with Gasteiger partial charge in [-0.3, -0.25) is 4.79 Å². The number of nitrogens with one attached hydrogen (secondary N) is 1. The van der Waals surface area contributed by atoms with Gasteiger partial charge in [0, 0.05) is 12.2 Å². The number of cyclic esters (lactones) is 1. The van der Waals surface area contributed by atoms with E-state index in [1.807, 2.05) is 54.6 Å². The van der Waals surface area contributed by atoms with Crippen molar-refractivity contribution in [3.05, 3.63) is 65.7 Å². The molecule has 0 spiro atoms. The van der Waals surface area contributed by atoms with Gasteiger partial charge in [-0.25, -0.2) is 4.79 Å². The van der Waals surface area contributed by atoms with Crippen molar-refractivity contribution in [2.45, 2.75) is 25.0 Å². The van der Waals surface area contributed by atoms with E-state index in [4.69, 9.17) is 4.74 Å². The molecule has 2 amide bonds. The maximum absolute atomic E-state index is 13.1. The number of hydrogen-bond donors (Lipinski definition) is 1. The molecule has 0 radical (unpaired) electrons. The van der Waals surface area contributed by atoms with E-state index < -0.39 is 18.2 Å². The highest BCUT2D eigenvalue weighted by Gasteiger charge is 2.43. The second-order valence-corrected chi connectivity index (χ2v) is 6.08. The van der Waals surface area contributed by atoms with Crippen LogP contribution in [0.2, 0.25) is 0 Å². The number of fused-ring (bicyclic) bond motifs is 1. The van der Waals surface area contributed by atoms with Crippen LogP contribution in [0.1, 0.15) is 23.7 Å². The fraction of sp³-hybridized carbons (Fsp3) is 0.263. The van der Waals surface area contributed by atoms with E-state index in [2.05, 4.69) is 5.32 Å². The number of amides is 2. The van der Waals surface area contributed by atoms with Crippen LogP contribution in [0, 0.1) is 0 Å². The zero-order valence-corrected chi connectivity index (χ0v) is 13.1. The number of carbonyl (C=O) groups excluding carboxylic acids is 2. The van der Waals surface area contributed by atoms with Gasteiger partial charge in [0.15, 0.2) is 12.1 Å². The molecular weight excluding hydrogens is 304 g/mol. The first-order valence-electron chi connectivity index (χ1n) is 8.15. The van der Waals surface area contributed by atoms with Crippen molar-refractivity contribution >= 4 is 17.7 Å². The van der Waals surface area contributed by atoms with Crippen LogP contribution in [0.5, 0.6) is 0 Å². The first kappa shape index (κ1) is 14.8. The topological polar surface area (TPSA) is 58.6 Å². The number of aryl methyl sites for hydroxylation is 1. The molecule has 0 bridgehead atoms. The number of para-hydroxylation sites is 1. The van der Waals surface area contributed by atoms with Gasteiger partial charge >= 0.3 is 6.09 Å². The summed E-state index contributed by atoms with van der Waals surface area (Å²) in [5.41, 5.74) is 2.92. The zero-order valence-electron chi connectivity index (χ0n) is 13.1. The first-order chi connectivity index (χ1) is 11.7. The molecular formula is C19H18N2O3. The Labute approximate surface area is 140 Å². The third kappa shape index (κ3) is 2.52. The minimum Gasteiger partial charge on any atom is -0.439 e. The van der Waals surface area contributed by atoms with E-state index in [1.165, 1.54) is 5.56 Å². The monoisotopic (exact) mass is 322 g/mol. The third-order valence-corrected chi connectivity index (χ3v) is 4.58. The largest absolute Gasteiger partial charge is 0.439 e. The lowest BCUT2D eigenvalue weighted by Crippen LogP contribution is -2.48. The van der Waals surface area contributed by atoms with Crippen LogP contribution in [0.4, 0.5) is 10.5 Å². The molecule has 1 N–H and O–H groups in total. The lowest BCUT2D eigenvalue weighted by atomic mass is 9.98. The van der Waals surface area contributed by atoms with Gasteiger partial charge in [-0.1, -0.05) is 48.5 Å². The summed E-state index contributed by atoms with van der Waals surface area (Å²) in [7, 11) is 0. The Morgan fingerprint density at radius 2 is 1.83 bits per heavy atom. The van der Waals surface area contributed by atoms with Crippen LogP contribution in [0.15, 0.2) is 54.6 Å². The SMILES string of the molecule is O=C1NC(C(=O)N2CCCc3ccccc32)C(c2ccccc2)O1. The molecule has 0 aromatic heterocycles. The molecule has 5 nitrogen and oxygen atoms in total. The smallest absolute Gasteiger partial charge is 0.408 e. The maximum Gasteiger partial charge on any atom is 0.408 e. The molecule has 4 rings (SSSR count). The molecule has 2 aliphatic heterocycles. The maximum atomic E-state index is 13.1. The first-order valence-corrected chi connectivity index (χ1v) is 8.15. The Hall–Kier alpha value is -2.82. The lowest BCUT2D eigenvalue weighted by molar-refractivity contribution is -0.121. The average molecular weight is 322 g/mol. The van der Waals surface area contributed by atoms with E-state index in [0.29, 0.717) is 6.54 Å². The van der Waals surface area contributed by atoms with Gasteiger partial charge in [-0.15, -0.1) is 0 Å². The summed E-state index contributed by atoms with van der Waals surface area (Å²) in [5, 5.41) is 2.68. The number of ether oxygens (including phenoxy) is 1. The number of hydrogen-bond acceptors (Lipinski definition) is 3. The molecule has 0 aliphatic carbocycles. The number of carbonyl (C=O) groups is 2. The fourth-order valence-electron chi connectivity index (χ4n) is 3.44. The van der Waals surface area contributed by atoms with Crippen molar-refractivity contribution in [2.75, 3.05) is 11.4 Å². The minimum absolute atomic E-state index is 0.123. The second-order valence-electron chi connectivity index (χ2n) is 6.08. The van der Waals surface area contributed by atoms with Crippen molar-refractivity contribution < 1.29 is 14.3 Å². The predicted molar refractivity (Wildman–Crippen MR) is 89.7 cm³/mol. The summed E-state index contributed by atoms with van der Waals surface area (Å²) in [6.45, 7) is 0.656. The van der Waals surface area contributed by atoms with Gasteiger partial charge in [0.1, 0.15) is 0 Å². The van der Waals surface area contributed by atoms with Crippen molar-refractivity contribution in [3.63, 3.8) is 0 Å². The van der Waals surface area contributed by atoms with Gasteiger partial charge in [0.05, 0.1) is 0 Å². The van der Waals surface area contributed by atoms with Crippen LogP contribution >= 0.6 is 0 Å². The van der Waals surface area contributed by atoms with Crippen molar-refractivity contribution in [2.24, 2.45) is 0 Å². The van der Waals surface area contributed by atoms with Crippen molar-refractivity contribution in [1.29, 1.82) is 0 Å². The van der Waals surface area contributed by atoms with E-state index in [9.17, 15) is 9.59 Å². The number of alkyl carbamates (subject to hydrolysis) is 1. The summed E-state index contributed by atoms with van der Waals surface area (Å²) < 4.78 is 5.36. The molecule has 1 saturated heterocycles. The third-order valence-electron chi connectivity index (χ3n) is 4.58. The van der Waals surface area contributed by atoms with Crippen LogP contribution in [0.3, 0.4) is 0 Å². The molecule has 2 aliphatic rings. The van der Waals surface area contributed by atoms with Crippen LogP contribution < -0.4 is 10.2 Å². The molecule has 2 unspecified atom stereocenters. The highest BCUT2D eigenvalue weighted by Crippen LogP contribution is 2.32. The van der Waals surface area contributed by atoms with Crippen LogP contribution in [0.25, 0.3) is 0 Å². The molecule has 2 atom stereocenters. The van der Waals surface area contributed by atoms with Gasteiger partial charge < -0.3 is 15.0 Å². The molecule has 1 fully saturated rings. The summed E-state index contributed by atoms with van der Waals surface area (Å²) in [5.74, 6) is -0.123. The number of benzene rings is 2. The van der Waals surface area contributed by atoms with Gasteiger partial charge in [-0.2, -0.15) is 0 Å². The molecule has 0 saturated carbocycles. The molecule has 122 valence electrons. The molecule has 5 heteroatoms. The summed E-state index contributed by atoms with van der Waals surface area (Å²) in [6, 6.07) is 16.6. The van der Waals surface area contributed by atoms with E-state index in [0.717, 1.165) is 24.1 Å².